The van der Waals surface area contributed by atoms with E-state index in [4.69, 9.17) is 0 Å². The van der Waals surface area contributed by atoms with Crippen LogP contribution in [0.25, 0.3) is 0 Å². The Labute approximate surface area is 158 Å². The number of rotatable bonds is 7. The van der Waals surface area contributed by atoms with Crippen molar-refractivity contribution in [1.29, 1.82) is 0 Å². The van der Waals surface area contributed by atoms with Crippen molar-refractivity contribution in [2.45, 2.75) is 19.9 Å². The summed E-state index contributed by atoms with van der Waals surface area (Å²) in [5, 5.41) is 3.56. The molecule has 0 spiro atoms. The maximum absolute atomic E-state index is 12.2. The summed E-state index contributed by atoms with van der Waals surface area (Å²) in [6.07, 6.45) is 2.68. The molecule has 0 atom stereocenters. The van der Waals surface area contributed by atoms with E-state index < -0.39 is 0 Å². The Balaban J connectivity index is 1.51. The third-order valence-electron chi connectivity index (χ3n) is 3.97. The predicted molar refractivity (Wildman–Crippen MR) is 108 cm³/mol. The van der Waals surface area contributed by atoms with Crippen LogP contribution in [0.15, 0.2) is 60.8 Å². The molecule has 2 aromatic carbocycles. The van der Waals surface area contributed by atoms with Gasteiger partial charge < -0.3 is 5.32 Å². The lowest BCUT2D eigenvalue weighted by Gasteiger charge is -2.15. The quantitative estimate of drug-likeness (QED) is 0.685. The average Bonchev–Trinajstić information content (AvgIpc) is 3.02. The predicted octanol–water partition coefficient (Wildman–Crippen LogP) is 4.11. The highest BCUT2D eigenvalue weighted by Gasteiger charge is 2.10. The van der Waals surface area contributed by atoms with Gasteiger partial charge in [0.05, 0.1) is 6.54 Å². The lowest BCUT2D eigenvalue weighted by molar-refractivity contribution is -0.117. The molecular weight excluding hydrogens is 342 g/mol. The van der Waals surface area contributed by atoms with Crippen LogP contribution in [0.4, 0.5) is 5.13 Å². The molecular formula is C21H23N3OS. The summed E-state index contributed by atoms with van der Waals surface area (Å²) in [6, 6.07) is 18.6. The molecule has 0 aliphatic carbocycles. The van der Waals surface area contributed by atoms with Gasteiger partial charge >= 0.3 is 0 Å². The number of thiazole rings is 1. The van der Waals surface area contributed by atoms with Crippen molar-refractivity contribution in [1.82, 2.24) is 9.88 Å². The van der Waals surface area contributed by atoms with Crippen LogP contribution in [-0.2, 0) is 17.8 Å². The Morgan fingerprint density at radius 2 is 1.88 bits per heavy atom. The number of hydrogen-bond acceptors (Lipinski definition) is 4. The van der Waals surface area contributed by atoms with E-state index in [2.05, 4.69) is 53.6 Å². The highest BCUT2D eigenvalue weighted by atomic mass is 32.1. The molecule has 1 heterocycles. The van der Waals surface area contributed by atoms with Gasteiger partial charge in [0.15, 0.2) is 5.13 Å². The maximum atomic E-state index is 12.2. The Kier molecular flexibility index (Phi) is 6.15. The fourth-order valence-electron chi connectivity index (χ4n) is 2.83. The lowest BCUT2D eigenvalue weighted by atomic mass is 10.1. The number of likely N-dealkylation sites (N-methyl/N-ethyl adjacent to an activating group) is 1. The maximum Gasteiger partial charge on any atom is 0.240 e. The van der Waals surface area contributed by atoms with E-state index in [1.807, 2.05) is 36.3 Å². The van der Waals surface area contributed by atoms with Gasteiger partial charge in [-0.15, -0.1) is 11.3 Å². The molecule has 0 bridgehead atoms. The van der Waals surface area contributed by atoms with Crippen molar-refractivity contribution < 1.29 is 4.79 Å². The molecule has 4 nitrogen and oxygen atoms in total. The number of hydrogen-bond donors (Lipinski definition) is 1. The normalized spacial score (nSPS) is 10.9. The molecule has 134 valence electrons. The number of benzene rings is 2. The first-order chi connectivity index (χ1) is 12.6. The van der Waals surface area contributed by atoms with Crippen molar-refractivity contribution in [3.8, 4) is 0 Å². The van der Waals surface area contributed by atoms with E-state index in [-0.39, 0.29) is 5.91 Å². The van der Waals surface area contributed by atoms with Crippen molar-refractivity contribution in [2.75, 3.05) is 18.9 Å². The summed E-state index contributed by atoms with van der Waals surface area (Å²) in [6.45, 7) is 3.17. The van der Waals surface area contributed by atoms with Crippen molar-refractivity contribution in [2.24, 2.45) is 0 Å². The van der Waals surface area contributed by atoms with Gasteiger partial charge in [-0.05, 0) is 25.1 Å². The minimum absolute atomic E-state index is 0.0418. The van der Waals surface area contributed by atoms with Crippen LogP contribution in [0.3, 0.4) is 0 Å². The Bertz CT molecular complexity index is 860. The molecule has 0 saturated heterocycles. The molecule has 0 radical (unpaired) electrons. The molecule has 1 N–H and O–H groups in total. The SMILES string of the molecule is Cc1cccc(Cc2cnc(NC(=O)CN(C)Cc3ccccc3)s2)c1. The summed E-state index contributed by atoms with van der Waals surface area (Å²) in [5.74, 6) is -0.0418. The smallest absolute Gasteiger partial charge is 0.240 e. The van der Waals surface area contributed by atoms with E-state index in [9.17, 15) is 4.79 Å². The standard InChI is InChI=1S/C21H23N3OS/c1-16-7-6-10-18(11-16)12-19-13-22-21(26-19)23-20(25)15-24(2)14-17-8-4-3-5-9-17/h3-11,13H,12,14-15H2,1-2H3,(H,22,23,25). The first-order valence-electron chi connectivity index (χ1n) is 8.61. The van der Waals surface area contributed by atoms with Crippen LogP contribution in [-0.4, -0.2) is 29.4 Å². The summed E-state index contributed by atoms with van der Waals surface area (Å²) in [7, 11) is 1.94. The van der Waals surface area contributed by atoms with Gasteiger partial charge in [0.2, 0.25) is 5.91 Å². The Morgan fingerprint density at radius 1 is 1.12 bits per heavy atom. The summed E-state index contributed by atoms with van der Waals surface area (Å²) in [4.78, 5) is 19.7. The van der Waals surface area contributed by atoms with E-state index in [1.54, 1.807) is 0 Å². The molecule has 0 unspecified atom stereocenters. The van der Waals surface area contributed by atoms with Gasteiger partial charge in [0.1, 0.15) is 0 Å². The minimum atomic E-state index is -0.0418. The van der Waals surface area contributed by atoms with E-state index >= 15 is 0 Å². The van der Waals surface area contributed by atoms with Gasteiger partial charge in [-0.2, -0.15) is 0 Å². The van der Waals surface area contributed by atoms with E-state index in [1.165, 1.54) is 28.0 Å². The van der Waals surface area contributed by atoms with E-state index in [0.717, 1.165) is 17.8 Å². The molecule has 1 aromatic heterocycles. The number of nitrogens with one attached hydrogen (secondary N) is 1. The summed E-state index contributed by atoms with van der Waals surface area (Å²) >= 11 is 1.53. The Morgan fingerprint density at radius 3 is 2.65 bits per heavy atom. The molecule has 3 aromatic rings. The largest absolute Gasteiger partial charge is 0.301 e. The highest BCUT2D eigenvalue weighted by Crippen LogP contribution is 2.21. The van der Waals surface area contributed by atoms with Crippen molar-refractivity contribution >= 4 is 22.4 Å². The summed E-state index contributed by atoms with van der Waals surface area (Å²) in [5.41, 5.74) is 3.70. The number of aryl methyl sites for hydroxylation is 1. The zero-order chi connectivity index (χ0) is 18.4. The second kappa shape index (κ2) is 8.74. The van der Waals surface area contributed by atoms with Crippen LogP contribution in [0.2, 0.25) is 0 Å². The molecule has 0 fully saturated rings. The number of carbonyl (C=O) groups is 1. The van der Waals surface area contributed by atoms with Gasteiger partial charge in [-0.25, -0.2) is 4.98 Å². The molecule has 5 heteroatoms. The van der Waals surface area contributed by atoms with Gasteiger partial charge in [-0.3, -0.25) is 9.69 Å². The minimum Gasteiger partial charge on any atom is -0.301 e. The molecule has 0 saturated carbocycles. The first kappa shape index (κ1) is 18.3. The van der Waals surface area contributed by atoms with Crippen LogP contribution >= 0.6 is 11.3 Å². The van der Waals surface area contributed by atoms with Crippen LogP contribution in [0.1, 0.15) is 21.6 Å². The number of nitrogens with zero attached hydrogens (tertiary/aromatic N) is 2. The molecule has 26 heavy (non-hydrogen) atoms. The fraction of sp³-hybridized carbons (Fsp3) is 0.238. The second-order valence-electron chi connectivity index (χ2n) is 6.50. The number of carbonyl (C=O) groups excluding carboxylic acids is 1. The second-order valence-corrected chi connectivity index (χ2v) is 7.62. The number of amides is 1. The lowest BCUT2D eigenvalue weighted by Crippen LogP contribution is -2.29. The third-order valence-corrected chi connectivity index (χ3v) is 4.88. The van der Waals surface area contributed by atoms with Crippen LogP contribution in [0, 0.1) is 6.92 Å². The van der Waals surface area contributed by atoms with Gasteiger partial charge in [0, 0.05) is 24.0 Å². The van der Waals surface area contributed by atoms with E-state index in [0.29, 0.717) is 11.7 Å². The average molecular weight is 366 g/mol. The van der Waals surface area contributed by atoms with Gasteiger partial charge in [0.25, 0.3) is 0 Å². The van der Waals surface area contributed by atoms with Crippen LogP contribution in [0.5, 0.6) is 0 Å². The molecule has 0 aliphatic rings. The monoisotopic (exact) mass is 365 g/mol. The third kappa shape index (κ3) is 5.51. The first-order valence-corrected chi connectivity index (χ1v) is 9.43. The molecule has 1 amide bonds. The van der Waals surface area contributed by atoms with Crippen molar-refractivity contribution in [3.63, 3.8) is 0 Å². The zero-order valence-electron chi connectivity index (χ0n) is 15.1. The molecule has 3 rings (SSSR count). The van der Waals surface area contributed by atoms with Gasteiger partial charge in [-0.1, -0.05) is 60.2 Å². The highest BCUT2D eigenvalue weighted by molar-refractivity contribution is 7.15. The molecule has 0 aliphatic heterocycles. The summed E-state index contributed by atoms with van der Waals surface area (Å²) < 4.78 is 0. The number of anilines is 1. The van der Waals surface area contributed by atoms with Crippen molar-refractivity contribution in [3.05, 3.63) is 82.4 Å². The zero-order valence-corrected chi connectivity index (χ0v) is 15.9. The Hall–Kier alpha value is -2.50. The fourth-order valence-corrected chi connectivity index (χ4v) is 3.69. The topological polar surface area (TPSA) is 45.2 Å². The van der Waals surface area contributed by atoms with Crippen LogP contribution < -0.4 is 5.32 Å². The number of aromatic nitrogens is 1.